The Labute approximate surface area is 99.5 Å². The van der Waals surface area contributed by atoms with Crippen molar-refractivity contribution in [3.8, 4) is 5.69 Å². The van der Waals surface area contributed by atoms with Gasteiger partial charge in [-0.25, -0.2) is 9.07 Å². The highest BCUT2D eigenvalue weighted by Crippen LogP contribution is 2.23. The van der Waals surface area contributed by atoms with Gasteiger partial charge in [0, 0.05) is 11.3 Å². The molecule has 0 bridgehead atoms. The van der Waals surface area contributed by atoms with E-state index in [2.05, 4.69) is 5.10 Å². The topological polar surface area (TPSA) is 38.0 Å². The third-order valence-electron chi connectivity index (χ3n) is 2.68. The highest BCUT2D eigenvalue weighted by Gasteiger charge is 2.13. The monoisotopic (exact) mass is 234 g/mol. The van der Waals surface area contributed by atoms with E-state index in [9.17, 15) is 9.50 Å². The number of aliphatic hydroxyl groups excluding tert-OH is 1. The lowest BCUT2D eigenvalue weighted by molar-refractivity contribution is 0.198. The molecule has 1 aromatic carbocycles. The molecule has 1 atom stereocenters. The minimum Gasteiger partial charge on any atom is -0.389 e. The van der Waals surface area contributed by atoms with Crippen molar-refractivity contribution in [3.63, 3.8) is 0 Å². The summed E-state index contributed by atoms with van der Waals surface area (Å²) in [5.41, 5.74) is 3.10. The standard InChI is InChI=1S/C13H15FN2O/c1-8-6-9(2)16(15-8)13-5-4-11(14)7-12(13)10(3)17/h4-7,10,17H,1-3H3/t10-/m1/s1. The molecule has 17 heavy (non-hydrogen) atoms. The van der Waals surface area contributed by atoms with Crippen LogP contribution in [-0.2, 0) is 0 Å². The van der Waals surface area contributed by atoms with Crippen molar-refractivity contribution < 1.29 is 9.50 Å². The molecule has 0 spiro atoms. The number of aliphatic hydroxyl groups is 1. The normalized spacial score (nSPS) is 12.8. The minimum atomic E-state index is -0.732. The molecule has 0 unspecified atom stereocenters. The number of nitrogens with zero attached hydrogens (tertiary/aromatic N) is 2. The van der Waals surface area contributed by atoms with E-state index in [1.807, 2.05) is 19.9 Å². The van der Waals surface area contributed by atoms with Crippen molar-refractivity contribution in [2.45, 2.75) is 26.9 Å². The third-order valence-corrected chi connectivity index (χ3v) is 2.68. The molecule has 1 heterocycles. The zero-order chi connectivity index (χ0) is 12.6. The van der Waals surface area contributed by atoms with Crippen LogP contribution in [0.15, 0.2) is 24.3 Å². The lowest BCUT2D eigenvalue weighted by atomic mass is 10.1. The minimum absolute atomic E-state index is 0.355. The molecular formula is C13H15FN2O. The zero-order valence-electron chi connectivity index (χ0n) is 10.1. The lowest BCUT2D eigenvalue weighted by Crippen LogP contribution is -2.06. The summed E-state index contributed by atoms with van der Waals surface area (Å²) in [6.45, 7) is 5.44. The summed E-state index contributed by atoms with van der Waals surface area (Å²) in [4.78, 5) is 0. The Balaban J connectivity index is 2.62. The molecule has 0 saturated heterocycles. The van der Waals surface area contributed by atoms with Crippen LogP contribution in [0.5, 0.6) is 0 Å². The maximum absolute atomic E-state index is 13.2. The first kappa shape index (κ1) is 11.8. The molecule has 2 rings (SSSR count). The number of benzene rings is 1. The molecule has 0 amide bonds. The molecule has 0 fully saturated rings. The number of hydrogen-bond acceptors (Lipinski definition) is 2. The molecule has 0 saturated carbocycles. The second-order valence-corrected chi connectivity index (χ2v) is 4.22. The summed E-state index contributed by atoms with van der Waals surface area (Å²) in [5, 5.41) is 14.0. The fourth-order valence-corrected chi connectivity index (χ4v) is 1.93. The Morgan fingerprint density at radius 3 is 2.53 bits per heavy atom. The van der Waals surface area contributed by atoms with Gasteiger partial charge in [0.25, 0.3) is 0 Å². The molecule has 90 valence electrons. The highest BCUT2D eigenvalue weighted by molar-refractivity contribution is 5.43. The molecule has 1 N–H and O–H groups in total. The average molecular weight is 234 g/mol. The van der Waals surface area contributed by atoms with Crippen LogP contribution in [-0.4, -0.2) is 14.9 Å². The molecule has 3 nitrogen and oxygen atoms in total. The molecule has 1 aromatic heterocycles. The maximum atomic E-state index is 13.2. The van der Waals surface area contributed by atoms with Gasteiger partial charge in [-0.05, 0) is 45.0 Å². The van der Waals surface area contributed by atoms with Gasteiger partial charge in [0.05, 0.1) is 17.5 Å². The van der Waals surface area contributed by atoms with Gasteiger partial charge in [0.1, 0.15) is 5.82 Å². The zero-order valence-corrected chi connectivity index (χ0v) is 10.1. The summed E-state index contributed by atoms with van der Waals surface area (Å²) in [7, 11) is 0. The van der Waals surface area contributed by atoms with E-state index in [0.29, 0.717) is 11.3 Å². The summed E-state index contributed by atoms with van der Waals surface area (Å²) in [6, 6.07) is 6.29. The molecule has 0 aliphatic rings. The lowest BCUT2D eigenvalue weighted by Gasteiger charge is -2.13. The van der Waals surface area contributed by atoms with E-state index in [0.717, 1.165) is 11.4 Å². The summed E-state index contributed by atoms with van der Waals surface area (Å²) in [6.07, 6.45) is -0.732. The van der Waals surface area contributed by atoms with Gasteiger partial charge >= 0.3 is 0 Å². The second kappa shape index (κ2) is 4.30. The van der Waals surface area contributed by atoms with Crippen LogP contribution in [0.1, 0.15) is 30.0 Å². The number of aryl methyl sites for hydroxylation is 2. The summed E-state index contributed by atoms with van der Waals surface area (Å²) in [5.74, 6) is -0.355. The molecular weight excluding hydrogens is 219 g/mol. The number of aromatic nitrogens is 2. The quantitative estimate of drug-likeness (QED) is 0.867. The van der Waals surface area contributed by atoms with Gasteiger partial charge in [-0.3, -0.25) is 0 Å². The van der Waals surface area contributed by atoms with Crippen LogP contribution in [0.25, 0.3) is 5.69 Å². The van der Waals surface area contributed by atoms with Crippen molar-refractivity contribution >= 4 is 0 Å². The smallest absolute Gasteiger partial charge is 0.123 e. The molecule has 0 radical (unpaired) electrons. The summed E-state index contributed by atoms with van der Waals surface area (Å²) < 4.78 is 14.9. The van der Waals surface area contributed by atoms with Gasteiger partial charge < -0.3 is 5.11 Å². The van der Waals surface area contributed by atoms with Crippen LogP contribution in [0, 0.1) is 19.7 Å². The fraction of sp³-hybridized carbons (Fsp3) is 0.308. The highest BCUT2D eigenvalue weighted by atomic mass is 19.1. The first-order valence-corrected chi connectivity index (χ1v) is 5.50. The predicted molar refractivity (Wildman–Crippen MR) is 63.6 cm³/mol. The molecule has 2 aromatic rings. The van der Waals surface area contributed by atoms with E-state index in [1.165, 1.54) is 12.1 Å². The van der Waals surface area contributed by atoms with Gasteiger partial charge in [-0.2, -0.15) is 5.10 Å². The average Bonchev–Trinajstić information content (AvgIpc) is 2.57. The molecule has 0 aliphatic heterocycles. The SMILES string of the molecule is Cc1cc(C)n(-c2ccc(F)cc2[C@@H](C)O)n1. The van der Waals surface area contributed by atoms with Crippen molar-refractivity contribution in [1.29, 1.82) is 0 Å². The Kier molecular flexibility index (Phi) is 2.98. The van der Waals surface area contributed by atoms with Crippen molar-refractivity contribution in [2.75, 3.05) is 0 Å². The Hall–Kier alpha value is -1.68. The van der Waals surface area contributed by atoms with Crippen molar-refractivity contribution in [2.24, 2.45) is 0 Å². The third kappa shape index (κ3) is 2.22. The van der Waals surface area contributed by atoms with E-state index in [-0.39, 0.29) is 5.82 Å². The predicted octanol–water partition coefficient (Wildman–Crippen LogP) is 2.68. The van der Waals surface area contributed by atoms with Gasteiger partial charge in [-0.15, -0.1) is 0 Å². The van der Waals surface area contributed by atoms with Crippen LogP contribution < -0.4 is 0 Å². The first-order chi connectivity index (χ1) is 7.99. The first-order valence-electron chi connectivity index (χ1n) is 5.50. The fourth-order valence-electron chi connectivity index (χ4n) is 1.93. The van der Waals surface area contributed by atoms with E-state index in [4.69, 9.17) is 0 Å². The van der Waals surface area contributed by atoms with Crippen LogP contribution >= 0.6 is 0 Å². The van der Waals surface area contributed by atoms with Crippen LogP contribution in [0.3, 0.4) is 0 Å². The Bertz CT molecular complexity index is 546. The van der Waals surface area contributed by atoms with E-state index in [1.54, 1.807) is 17.7 Å². The van der Waals surface area contributed by atoms with Crippen LogP contribution in [0.4, 0.5) is 4.39 Å². The largest absolute Gasteiger partial charge is 0.389 e. The molecule has 0 aliphatic carbocycles. The van der Waals surface area contributed by atoms with Gasteiger partial charge in [0.2, 0.25) is 0 Å². The number of halogens is 1. The number of rotatable bonds is 2. The van der Waals surface area contributed by atoms with Crippen LogP contribution in [0.2, 0.25) is 0 Å². The van der Waals surface area contributed by atoms with Crippen molar-refractivity contribution in [1.82, 2.24) is 9.78 Å². The summed E-state index contributed by atoms with van der Waals surface area (Å²) >= 11 is 0. The second-order valence-electron chi connectivity index (χ2n) is 4.22. The van der Waals surface area contributed by atoms with Crippen molar-refractivity contribution in [3.05, 3.63) is 47.0 Å². The van der Waals surface area contributed by atoms with Gasteiger partial charge in [0.15, 0.2) is 0 Å². The van der Waals surface area contributed by atoms with E-state index >= 15 is 0 Å². The Morgan fingerprint density at radius 1 is 1.29 bits per heavy atom. The van der Waals surface area contributed by atoms with E-state index < -0.39 is 6.10 Å². The Morgan fingerprint density at radius 2 is 2.00 bits per heavy atom. The molecule has 4 heteroatoms. The van der Waals surface area contributed by atoms with Gasteiger partial charge in [-0.1, -0.05) is 0 Å². The number of hydrogen-bond donors (Lipinski definition) is 1. The maximum Gasteiger partial charge on any atom is 0.123 e.